The first-order valence-corrected chi connectivity index (χ1v) is 6.66. The summed E-state index contributed by atoms with van der Waals surface area (Å²) in [6, 6.07) is 1.57. The average Bonchev–Trinajstić information content (AvgIpc) is 2.88. The van der Waals surface area contributed by atoms with Gasteiger partial charge in [-0.05, 0) is 6.07 Å². The zero-order chi connectivity index (χ0) is 14.5. The van der Waals surface area contributed by atoms with Crippen LogP contribution in [0.4, 0.5) is 0 Å². The standard InChI is InChI=1S/C13H15ClN4O2/c1-8(2)12-17-11(20-18-12)4-6-16-13(19)9-3-5-15-7-10(9)14/h3,5,7-8H,4,6H2,1-2H3,(H,16,19). The Hall–Kier alpha value is -1.95. The van der Waals surface area contributed by atoms with Crippen molar-refractivity contribution in [3.8, 4) is 0 Å². The van der Waals surface area contributed by atoms with E-state index in [1.165, 1.54) is 12.4 Å². The molecule has 2 rings (SSSR count). The summed E-state index contributed by atoms with van der Waals surface area (Å²) in [6.07, 6.45) is 3.44. The Morgan fingerprint density at radius 3 is 2.95 bits per heavy atom. The summed E-state index contributed by atoms with van der Waals surface area (Å²) in [4.78, 5) is 19.9. The molecule has 7 heteroatoms. The molecule has 1 amide bonds. The number of pyridine rings is 1. The first kappa shape index (κ1) is 14.5. The molecule has 0 atom stereocenters. The number of rotatable bonds is 5. The molecule has 0 spiro atoms. The number of amides is 1. The van der Waals surface area contributed by atoms with Crippen molar-refractivity contribution >= 4 is 17.5 Å². The van der Waals surface area contributed by atoms with Crippen LogP contribution >= 0.6 is 11.6 Å². The first-order chi connectivity index (χ1) is 9.58. The van der Waals surface area contributed by atoms with E-state index in [4.69, 9.17) is 16.1 Å². The highest BCUT2D eigenvalue weighted by atomic mass is 35.5. The normalized spacial score (nSPS) is 10.8. The van der Waals surface area contributed by atoms with Gasteiger partial charge < -0.3 is 9.84 Å². The van der Waals surface area contributed by atoms with Crippen LogP contribution in [0, 0.1) is 0 Å². The van der Waals surface area contributed by atoms with Crippen molar-refractivity contribution in [1.82, 2.24) is 20.4 Å². The number of nitrogens with one attached hydrogen (secondary N) is 1. The van der Waals surface area contributed by atoms with Crippen molar-refractivity contribution < 1.29 is 9.32 Å². The Bertz CT molecular complexity index is 598. The Morgan fingerprint density at radius 2 is 2.30 bits per heavy atom. The average molecular weight is 295 g/mol. The zero-order valence-electron chi connectivity index (χ0n) is 11.3. The van der Waals surface area contributed by atoms with E-state index in [-0.39, 0.29) is 11.8 Å². The van der Waals surface area contributed by atoms with Gasteiger partial charge in [-0.15, -0.1) is 0 Å². The molecule has 2 aromatic heterocycles. The molecule has 0 saturated carbocycles. The lowest BCUT2D eigenvalue weighted by Gasteiger charge is -2.04. The van der Waals surface area contributed by atoms with E-state index in [0.717, 1.165) is 0 Å². The van der Waals surface area contributed by atoms with E-state index in [0.29, 0.717) is 35.3 Å². The van der Waals surface area contributed by atoms with Gasteiger partial charge in [0.1, 0.15) is 0 Å². The quantitative estimate of drug-likeness (QED) is 0.914. The van der Waals surface area contributed by atoms with Gasteiger partial charge in [-0.25, -0.2) is 0 Å². The second-order valence-electron chi connectivity index (χ2n) is 4.56. The molecule has 2 heterocycles. The SMILES string of the molecule is CC(C)c1noc(CCNC(=O)c2ccncc2Cl)n1. The predicted octanol–water partition coefficient (Wildman–Crippen LogP) is 2.21. The largest absolute Gasteiger partial charge is 0.351 e. The van der Waals surface area contributed by atoms with Crippen LogP contribution in [0.3, 0.4) is 0 Å². The Balaban J connectivity index is 1.86. The number of hydrogen-bond acceptors (Lipinski definition) is 5. The van der Waals surface area contributed by atoms with E-state index in [1.54, 1.807) is 6.07 Å². The second-order valence-corrected chi connectivity index (χ2v) is 4.97. The topological polar surface area (TPSA) is 80.9 Å². The molecule has 20 heavy (non-hydrogen) atoms. The van der Waals surface area contributed by atoms with Crippen LogP contribution in [0.1, 0.15) is 41.8 Å². The van der Waals surface area contributed by atoms with Crippen molar-refractivity contribution in [2.45, 2.75) is 26.2 Å². The maximum atomic E-state index is 11.9. The zero-order valence-corrected chi connectivity index (χ0v) is 12.0. The number of hydrogen-bond donors (Lipinski definition) is 1. The smallest absolute Gasteiger partial charge is 0.252 e. The van der Waals surface area contributed by atoms with Gasteiger partial charge in [0.05, 0.1) is 10.6 Å². The summed E-state index contributed by atoms with van der Waals surface area (Å²) >= 11 is 5.89. The van der Waals surface area contributed by atoms with Crippen molar-refractivity contribution in [2.75, 3.05) is 6.54 Å². The summed E-state index contributed by atoms with van der Waals surface area (Å²) < 4.78 is 5.09. The monoisotopic (exact) mass is 294 g/mol. The van der Waals surface area contributed by atoms with Gasteiger partial charge in [-0.2, -0.15) is 4.98 Å². The third kappa shape index (κ3) is 3.54. The van der Waals surface area contributed by atoms with Gasteiger partial charge in [0.15, 0.2) is 5.82 Å². The third-order valence-electron chi connectivity index (χ3n) is 2.64. The molecular weight excluding hydrogens is 280 g/mol. The van der Waals surface area contributed by atoms with E-state index >= 15 is 0 Å². The number of carbonyl (C=O) groups excluding carboxylic acids is 1. The summed E-state index contributed by atoms with van der Waals surface area (Å²) in [5.74, 6) is 1.15. The van der Waals surface area contributed by atoms with Crippen LogP contribution in [-0.4, -0.2) is 27.6 Å². The van der Waals surface area contributed by atoms with Crippen LogP contribution in [0.25, 0.3) is 0 Å². The Kier molecular flexibility index (Phi) is 4.68. The van der Waals surface area contributed by atoms with Gasteiger partial charge in [-0.1, -0.05) is 30.6 Å². The second kappa shape index (κ2) is 6.47. The van der Waals surface area contributed by atoms with Gasteiger partial charge in [0.2, 0.25) is 5.89 Å². The van der Waals surface area contributed by atoms with E-state index < -0.39 is 0 Å². The van der Waals surface area contributed by atoms with Gasteiger partial charge >= 0.3 is 0 Å². The first-order valence-electron chi connectivity index (χ1n) is 6.28. The van der Waals surface area contributed by atoms with Crippen molar-refractivity contribution in [3.63, 3.8) is 0 Å². The van der Waals surface area contributed by atoms with Crippen molar-refractivity contribution in [3.05, 3.63) is 40.8 Å². The summed E-state index contributed by atoms with van der Waals surface area (Å²) in [6.45, 7) is 4.38. The highest BCUT2D eigenvalue weighted by molar-refractivity contribution is 6.33. The number of halogens is 1. The van der Waals surface area contributed by atoms with Crippen LogP contribution in [0.2, 0.25) is 5.02 Å². The fourth-order valence-electron chi connectivity index (χ4n) is 1.54. The molecule has 0 aliphatic rings. The van der Waals surface area contributed by atoms with E-state index in [2.05, 4.69) is 20.4 Å². The fourth-order valence-corrected chi connectivity index (χ4v) is 1.75. The number of aromatic nitrogens is 3. The van der Waals surface area contributed by atoms with Crippen LogP contribution in [-0.2, 0) is 6.42 Å². The molecule has 0 radical (unpaired) electrons. The van der Waals surface area contributed by atoms with Crippen LogP contribution < -0.4 is 5.32 Å². The maximum absolute atomic E-state index is 11.9. The van der Waals surface area contributed by atoms with Gasteiger partial charge in [0, 0.05) is 31.3 Å². The van der Waals surface area contributed by atoms with Gasteiger partial charge in [0.25, 0.3) is 5.91 Å². The van der Waals surface area contributed by atoms with E-state index in [9.17, 15) is 4.79 Å². The fraction of sp³-hybridized carbons (Fsp3) is 0.385. The molecule has 0 unspecified atom stereocenters. The molecule has 0 fully saturated rings. The van der Waals surface area contributed by atoms with E-state index in [1.807, 2.05) is 13.8 Å². The van der Waals surface area contributed by atoms with Crippen molar-refractivity contribution in [1.29, 1.82) is 0 Å². The minimum absolute atomic E-state index is 0.220. The molecule has 0 saturated heterocycles. The summed E-state index contributed by atoms with van der Waals surface area (Å²) in [5, 5.41) is 6.93. The Morgan fingerprint density at radius 1 is 1.50 bits per heavy atom. The lowest BCUT2D eigenvalue weighted by atomic mass is 10.2. The summed E-state index contributed by atoms with van der Waals surface area (Å²) in [7, 11) is 0. The molecule has 0 aromatic carbocycles. The highest BCUT2D eigenvalue weighted by Crippen LogP contribution is 2.13. The predicted molar refractivity (Wildman–Crippen MR) is 73.7 cm³/mol. The van der Waals surface area contributed by atoms with Crippen LogP contribution in [0.5, 0.6) is 0 Å². The third-order valence-corrected chi connectivity index (χ3v) is 2.94. The molecule has 0 bridgehead atoms. The molecule has 2 aromatic rings. The molecule has 106 valence electrons. The maximum Gasteiger partial charge on any atom is 0.252 e. The molecule has 6 nitrogen and oxygen atoms in total. The number of nitrogens with zero attached hydrogens (tertiary/aromatic N) is 3. The number of carbonyl (C=O) groups is 1. The summed E-state index contributed by atoms with van der Waals surface area (Å²) in [5.41, 5.74) is 0.398. The lowest BCUT2D eigenvalue weighted by molar-refractivity contribution is 0.0953. The lowest BCUT2D eigenvalue weighted by Crippen LogP contribution is -2.26. The molecule has 0 aliphatic carbocycles. The highest BCUT2D eigenvalue weighted by Gasteiger charge is 2.12. The van der Waals surface area contributed by atoms with Crippen molar-refractivity contribution in [2.24, 2.45) is 0 Å². The molecular formula is C13H15ClN4O2. The minimum Gasteiger partial charge on any atom is -0.351 e. The molecule has 1 N–H and O–H groups in total. The van der Waals surface area contributed by atoms with Gasteiger partial charge in [-0.3, -0.25) is 9.78 Å². The minimum atomic E-state index is -0.249. The molecule has 0 aliphatic heterocycles. The van der Waals surface area contributed by atoms with Crippen LogP contribution in [0.15, 0.2) is 23.0 Å². The Labute approximate surface area is 121 Å².